The van der Waals surface area contributed by atoms with E-state index in [1.165, 1.54) is 0 Å². The maximum atomic E-state index is 12.9. The van der Waals surface area contributed by atoms with Gasteiger partial charge in [-0.1, -0.05) is 61.4 Å². The number of ether oxygens (including phenoxy) is 1. The summed E-state index contributed by atoms with van der Waals surface area (Å²) in [7, 11) is -4.52. The molecular weight excluding hydrogens is 451 g/mol. The summed E-state index contributed by atoms with van der Waals surface area (Å²) in [6.07, 6.45) is 4.57. The molecule has 4 rings (SSSR count). The number of sulfone groups is 1. The molecule has 1 fully saturated rings. The van der Waals surface area contributed by atoms with Crippen LogP contribution in [0.25, 0.3) is 6.08 Å². The zero-order chi connectivity index (χ0) is 24.1. The first-order valence-electron chi connectivity index (χ1n) is 11.8. The molecule has 0 aliphatic carbocycles. The van der Waals surface area contributed by atoms with Crippen molar-refractivity contribution < 1.29 is 27.9 Å². The number of phenols is 1. The number of phenolic OH excluding ortho intramolecular Hbond substituents is 1. The monoisotopic (exact) mass is 482 g/mol. The van der Waals surface area contributed by atoms with E-state index >= 15 is 0 Å². The van der Waals surface area contributed by atoms with Crippen molar-refractivity contribution in [3.63, 3.8) is 0 Å². The Kier molecular flexibility index (Phi) is 7.81. The molecule has 2 aromatic rings. The molecule has 0 saturated carbocycles. The fourth-order valence-corrected chi connectivity index (χ4v) is 6.93. The lowest BCUT2D eigenvalue weighted by Gasteiger charge is -2.32. The van der Waals surface area contributed by atoms with Crippen molar-refractivity contribution in [1.29, 1.82) is 0 Å². The lowest BCUT2D eigenvalue weighted by Crippen LogP contribution is -2.42. The molecule has 2 atom stereocenters. The Labute approximate surface area is 202 Å². The third-order valence-electron chi connectivity index (χ3n) is 6.40. The van der Waals surface area contributed by atoms with Crippen molar-refractivity contribution in [3.8, 4) is 11.5 Å². The highest BCUT2D eigenvalue weighted by atomic mass is 32.2. The number of hydrogen-bond donors (Lipinski definition) is 2. The van der Waals surface area contributed by atoms with E-state index in [9.17, 15) is 18.5 Å². The van der Waals surface area contributed by atoms with Gasteiger partial charge in [-0.3, -0.25) is 0 Å². The highest BCUT2D eigenvalue weighted by Crippen LogP contribution is 2.40. The standard InChI is InChI=1S/C26H31BO6S/c1-2-8-19(15-20-9-6-7-12-23(20)28)13-14-24-26-21(17-32-22-10-4-3-5-11-22)18-34(30,31)25(26)16-27(29)33-24/h3-7,9-12,15,24-25,28-29H,2,8,13-14,16-18H2,1H3/b19-15+/t24-,25+/m1/s1. The fraction of sp³-hybridized carbons (Fsp3) is 0.385. The fourth-order valence-electron chi connectivity index (χ4n) is 4.83. The number of rotatable bonds is 9. The van der Waals surface area contributed by atoms with Crippen molar-refractivity contribution in [3.05, 3.63) is 76.9 Å². The Morgan fingerprint density at radius 1 is 1.15 bits per heavy atom. The second-order valence-electron chi connectivity index (χ2n) is 8.92. The van der Waals surface area contributed by atoms with Gasteiger partial charge in [0.1, 0.15) is 18.1 Å². The predicted molar refractivity (Wildman–Crippen MR) is 134 cm³/mol. The van der Waals surface area contributed by atoms with Crippen LogP contribution in [0.4, 0.5) is 0 Å². The molecule has 180 valence electrons. The second-order valence-corrected chi connectivity index (χ2v) is 11.1. The lowest BCUT2D eigenvalue weighted by molar-refractivity contribution is 0.168. The van der Waals surface area contributed by atoms with Crippen LogP contribution in [0.1, 0.15) is 38.2 Å². The van der Waals surface area contributed by atoms with E-state index in [0.29, 0.717) is 18.6 Å². The van der Waals surface area contributed by atoms with Crippen LogP contribution in [-0.2, 0) is 14.5 Å². The molecule has 0 spiro atoms. The molecule has 0 amide bonds. The van der Waals surface area contributed by atoms with Gasteiger partial charge in [0.2, 0.25) is 0 Å². The molecule has 0 aromatic heterocycles. The number of aromatic hydroxyl groups is 1. The number of hydrogen-bond acceptors (Lipinski definition) is 6. The minimum atomic E-state index is -3.41. The summed E-state index contributed by atoms with van der Waals surface area (Å²) >= 11 is 0. The Balaban J connectivity index is 1.56. The average Bonchev–Trinajstić information content (AvgIpc) is 3.08. The Morgan fingerprint density at radius 2 is 1.88 bits per heavy atom. The van der Waals surface area contributed by atoms with Gasteiger partial charge in [-0.25, -0.2) is 8.42 Å². The molecular formula is C26H31BO6S. The van der Waals surface area contributed by atoms with Gasteiger partial charge in [-0.05, 0) is 48.6 Å². The van der Waals surface area contributed by atoms with E-state index in [0.717, 1.165) is 35.1 Å². The minimum absolute atomic E-state index is 0.0541. The van der Waals surface area contributed by atoms with Gasteiger partial charge >= 0.3 is 7.12 Å². The highest BCUT2D eigenvalue weighted by molar-refractivity contribution is 7.92. The third-order valence-corrected chi connectivity index (χ3v) is 8.46. The molecule has 34 heavy (non-hydrogen) atoms. The number of benzene rings is 2. The van der Waals surface area contributed by atoms with E-state index in [4.69, 9.17) is 9.39 Å². The van der Waals surface area contributed by atoms with Crippen LogP contribution < -0.4 is 4.74 Å². The van der Waals surface area contributed by atoms with E-state index in [1.54, 1.807) is 12.1 Å². The second kappa shape index (κ2) is 10.8. The largest absolute Gasteiger partial charge is 0.507 e. The number of para-hydroxylation sites is 2. The first kappa shape index (κ1) is 24.6. The summed E-state index contributed by atoms with van der Waals surface area (Å²) in [5.41, 5.74) is 3.38. The van der Waals surface area contributed by atoms with Crippen LogP contribution in [0.2, 0.25) is 6.32 Å². The SMILES string of the molecule is CCC/C(=C\c1ccccc1O)CC[C@H]1OB(O)C[C@H]2C1=C(COc1ccccc1)CS2(=O)=O. The van der Waals surface area contributed by atoms with E-state index in [2.05, 4.69) is 6.92 Å². The third kappa shape index (κ3) is 5.74. The van der Waals surface area contributed by atoms with E-state index in [-0.39, 0.29) is 24.4 Å². The Morgan fingerprint density at radius 3 is 2.62 bits per heavy atom. The molecule has 2 aliphatic heterocycles. The van der Waals surface area contributed by atoms with Crippen LogP contribution in [0.5, 0.6) is 11.5 Å². The van der Waals surface area contributed by atoms with Crippen LogP contribution >= 0.6 is 0 Å². The summed E-state index contributed by atoms with van der Waals surface area (Å²) in [5, 5.41) is 19.7. The smallest absolute Gasteiger partial charge is 0.456 e. The summed E-state index contributed by atoms with van der Waals surface area (Å²) < 4.78 is 37.6. The summed E-state index contributed by atoms with van der Waals surface area (Å²) in [6.45, 7) is 2.28. The number of fused-ring (bicyclic) bond motifs is 1. The van der Waals surface area contributed by atoms with E-state index < -0.39 is 28.3 Å². The molecule has 0 unspecified atom stereocenters. The minimum Gasteiger partial charge on any atom is -0.507 e. The predicted octanol–water partition coefficient (Wildman–Crippen LogP) is 4.41. The van der Waals surface area contributed by atoms with Gasteiger partial charge in [-0.15, -0.1) is 0 Å². The van der Waals surface area contributed by atoms with Gasteiger partial charge in [0.25, 0.3) is 0 Å². The normalized spacial score (nSPS) is 22.1. The van der Waals surface area contributed by atoms with Gasteiger partial charge < -0.3 is 19.5 Å². The Bertz CT molecular complexity index is 1160. The maximum absolute atomic E-state index is 12.9. The summed E-state index contributed by atoms with van der Waals surface area (Å²) in [4.78, 5) is 0. The van der Waals surface area contributed by atoms with Crippen molar-refractivity contribution in [2.45, 2.75) is 50.3 Å². The van der Waals surface area contributed by atoms with Crippen LogP contribution in [-0.4, -0.2) is 49.4 Å². The zero-order valence-electron chi connectivity index (χ0n) is 19.4. The van der Waals surface area contributed by atoms with Gasteiger partial charge in [0.05, 0.1) is 17.1 Å². The van der Waals surface area contributed by atoms with Crippen LogP contribution in [0, 0.1) is 0 Å². The van der Waals surface area contributed by atoms with Crippen LogP contribution in [0.15, 0.2) is 71.3 Å². The molecule has 2 aliphatic rings. The van der Waals surface area contributed by atoms with Gasteiger partial charge in [0, 0.05) is 11.9 Å². The van der Waals surface area contributed by atoms with Crippen LogP contribution in [0.3, 0.4) is 0 Å². The molecule has 0 radical (unpaired) electrons. The molecule has 1 saturated heterocycles. The molecule has 0 bridgehead atoms. The first-order chi connectivity index (χ1) is 16.4. The van der Waals surface area contributed by atoms with E-state index in [1.807, 2.05) is 48.5 Å². The average molecular weight is 482 g/mol. The molecule has 6 nitrogen and oxygen atoms in total. The molecule has 2 heterocycles. The Hall–Kier alpha value is -2.55. The zero-order valence-corrected chi connectivity index (χ0v) is 20.2. The molecule has 2 aromatic carbocycles. The van der Waals surface area contributed by atoms with Gasteiger partial charge in [-0.2, -0.15) is 0 Å². The van der Waals surface area contributed by atoms with Crippen molar-refractivity contribution in [2.75, 3.05) is 12.4 Å². The molecule has 8 heteroatoms. The topological polar surface area (TPSA) is 93.1 Å². The summed E-state index contributed by atoms with van der Waals surface area (Å²) in [5.74, 6) is 0.841. The van der Waals surface area contributed by atoms with Crippen molar-refractivity contribution in [1.82, 2.24) is 0 Å². The quantitative estimate of drug-likeness (QED) is 0.407. The number of allylic oxidation sites excluding steroid dienone is 1. The van der Waals surface area contributed by atoms with Crippen molar-refractivity contribution in [2.24, 2.45) is 0 Å². The molecule has 2 N–H and O–H groups in total. The summed E-state index contributed by atoms with van der Waals surface area (Å²) in [6, 6.07) is 16.5. The van der Waals surface area contributed by atoms with Gasteiger partial charge in [0.15, 0.2) is 9.84 Å². The highest BCUT2D eigenvalue weighted by Gasteiger charge is 2.48. The lowest BCUT2D eigenvalue weighted by atomic mass is 9.74. The maximum Gasteiger partial charge on any atom is 0.456 e. The first-order valence-corrected chi connectivity index (χ1v) is 13.5. The van der Waals surface area contributed by atoms with Crippen molar-refractivity contribution >= 4 is 23.0 Å².